The Morgan fingerprint density at radius 3 is 2.37 bits per heavy atom. The number of hydrogen-bond donors (Lipinski definition) is 1. The maximum Gasteiger partial charge on any atom is 0.296 e. The van der Waals surface area contributed by atoms with Crippen molar-refractivity contribution in [3.63, 3.8) is 0 Å². The van der Waals surface area contributed by atoms with Gasteiger partial charge in [-0.15, -0.1) is 0 Å². The zero-order valence-corrected chi connectivity index (χ0v) is 9.84. The molecule has 0 bridgehead atoms. The van der Waals surface area contributed by atoms with Gasteiger partial charge in [-0.05, 0) is 12.1 Å². The molecule has 0 saturated heterocycles. The van der Waals surface area contributed by atoms with E-state index in [-0.39, 0.29) is 5.78 Å². The second-order valence-corrected chi connectivity index (χ2v) is 4.24. The van der Waals surface area contributed by atoms with Gasteiger partial charge in [-0.2, -0.15) is 0 Å². The summed E-state index contributed by atoms with van der Waals surface area (Å²) in [5.74, 6) is -1.36. The van der Waals surface area contributed by atoms with Crippen LogP contribution in [0.15, 0.2) is 48.5 Å². The lowest BCUT2D eigenvalue weighted by atomic mass is 10.0. The number of carbonyl (C=O) groups excluding carboxylic acids is 3. The SMILES string of the molecule is O=C1Nc2cc(C(=O)c3ccccc3)ccc2C1=O. The van der Waals surface area contributed by atoms with Crippen LogP contribution < -0.4 is 5.32 Å². The van der Waals surface area contributed by atoms with E-state index in [4.69, 9.17) is 0 Å². The lowest BCUT2D eigenvalue weighted by molar-refractivity contribution is -0.112. The Labute approximate surface area is 109 Å². The van der Waals surface area contributed by atoms with Gasteiger partial charge in [-0.1, -0.05) is 36.4 Å². The third-order valence-corrected chi connectivity index (χ3v) is 3.02. The number of anilines is 1. The minimum atomic E-state index is -0.653. The molecule has 2 aromatic carbocycles. The van der Waals surface area contributed by atoms with Crippen molar-refractivity contribution in [1.29, 1.82) is 0 Å². The standard InChI is InChI=1S/C15H9NO3/c17-13(9-4-2-1-3-5-9)10-6-7-11-12(8-10)16-15(19)14(11)18/h1-8H,(H,16,18,19). The minimum Gasteiger partial charge on any atom is -0.318 e. The van der Waals surface area contributed by atoms with Crippen LogP contribution in [0.25, 0.3) is 0 Å². The maximum atomic E-state index is 12.2. The fourth-order valence-electron chi connectivity index (χ4n) is 2.04. The summed E-state index contributed by atoms with van der Waals surface area (Å²) in [4.78, 5) is 34.9. The number of fused-ring (bicyclic) bond motifs is 1. The van der Waals surface area contributed by atoms with E-state index in [9.17, 15) is 14.4 Å². The van der Waals surface area contributed by atoms with Gasteiger partial charge in [0.2, 0.25) is 0 Å². The van der Waals surface area contributed by atoms with Crippen LogP contribution in [0.1, 0.15) is 26.3 Å². The van der Waals surface area contributed by atoms with Crippen LogP contribution in [0.4, 0.5) is 5.69 Å². The second-order valence-electron chi connectivity index (χ2n) is 4.24. The molecule has 0 saturated carbocycles. The summed E-state index contributed by atoms with van der Waals surface area (Å²) in [5, 5.41) is 2.45. The van der Waals surface area contributed by atoms with Crippen LogP contribution in [0.3, 0.4) is 0 Å². The molecule has 0 unspecified atom stereocenters. The van der Waals surface area contributed by atoms with Gasteiger partial charge in [0.1, 0.15) is 0 Å². The fraction of sp³-hybridized carbons (Fsp3) is 0. The molecular weight excluding hydrogens is 242 g/mol. The lowest BCUT2D eigenvalue weighted by Crippen LogP contribution is -2.12. The maximum absolute atomic E-state index is 12.2. The molecule has 4 nitrogen and oxygen atoms in total. The number of amides is 1. The summed E-state index contributed by atoms with van der Waals surface area (Å²) in [6, 6.07) is 13.4. The lowest BCUT2D eigenvalue weighted by Gasteiger charge is -2.03. The highest BCUT2D eigenvalue weighted by atomic mass is 16.2. The largest absolute Gasteiger partial charge is 0.318 e. The molecular formula is C15H9NO3. The molecule has 2 aromatic rings. The van der Waals surface area contributed by atoms with E-state index in [2.05, 4.69) is 5.32 Å². The van der Waals surface area contributed by atoms with E-state index in [0.717, 1.165) is 0 Å². The second kappa shape index (κ2) is 4.17. The molecule has 0 radical (unpaired) electrons. The fourth-order valence-corrected chi connectivity index (χ4v) is 2.04. The Morgan fingerprint density at radius 1 is 0.895 bits per heavy atom. The third-order valence-electron chi connectivity index (χ3n) is 3.02. The highest BCUT2D eigenvalue weighted by Crippen LogP contribution is 2.25. The number of rotatable bonds is 2. The Bertz CT molecular complexity index is 705. The van der Waals surface area contributed by atoms with Crippen LogP contribution in [-0.2, 0) is 4.79 Å². The van der Waals surface area contributed by atoms with E-state index in [1.165, 1.54) is 12.1 Å². The Hall–Kier alpha value is -2.75. The van der Waals surface area contributed by atoms with Crippen molar-refractivity contribution >= 4 is 23.2 Å². The van der Waals surface area contributed by atoms with Crippen LogP contribution in [-0.4, -0.2) is 17.5 Å². The van der Waals surface area contributed by atoms with Crippen molar-refractivity contribution in [3.05, 3.63) is 65.2 Å². The van der Waals surface area contributed by atoms with Crippen molar-refractivity contribution in [2.45, 2.75) is 0 Å². The first-order valence-corrected chi connectivity index (χ1v) is 5.76. The van der Waals surface area contributed by atoms with E-state index in [1.807, 2.05) is 6.07 Å². The summed E-state index contributed by atoms with van der Waals surface area (Å²) < 4.78 is 0. The number of ketones is 2. The molecule has 0 fully saturated rings. The molecule has 19 heavy (non-hydrogen) atoms. The molecule has 0 atom stereocenters. The topological polar surface area (TPSA) is 63.2 Å². The normalized spacial score (nSPS) is 13.1. The monoisotopic (exact) mass is 251 g/mol. The molecule has 4 heteroatoms. The molecule has 1 heterocycles. The van der Waals surface area contributed by atoms with Crippen LogP contribution in [0, 0.1) is 0 Å². The molecule has 0 aromatic heterocycles. The van der Waals surface area contributed by atoms with Gasteiger partial charge in [0.05, 0.1) is 11.3 Å². The number of carbonyl (C=O) groups is 3. The molecule has 1 N–H and O–H groups in total. The molecule has 3 rings (SSSR count). The van der Waals surface area contributed by atoms with Gasteiger partial charge in [0, 0.05) is 11.1 Å². The Morgan fingerprint density at radius 2 is 1.63 bits per heavy atom. The van der Waals surface area contributed by atoms with Crippen molar-refractivity contribution in [3.8, 4) is 0 Å². The highest BCUT2D eigenvalue weighted by Gasteiger charge is 2.28. The molecule has 92 valence electrons. The first-order chi connectivity index (χ1) is 9.16. The Kier molecular flexibility index (Phi) is 2.49. The summed E-state index contributed by atoms with van der Waals surface area (Å²) in [7, 11) is 0. The summed E-state index contributed by atoms with van der Waals surface area (Å²) in [5.41, 5.74) is 1.73. The summed E-state index contributed by atoms with van der Waals surface area (Å²) in [6.45, 7) is 0. The van der Waals surface area contributed by atoms with Crippen LogP contribution in [0.2, 0.25) is 0 Å². The number of Topliss-reactive ketones (excluding diaryl/α,β-unsaturated/α-hetero) is 1. The van der Waals surface area contributed by atoms with Gasteiger partial charge in [-0.25, -0.2) is 0 Å². The predicted octanol–water partition coefficient (Wildman–Crippen LogP) is 2.05. The molecule has 1 aliphatic rings. The van der Waals surface area contributed by atoms with E-state index < -0.39 is 11.7 Å². The first-order valence-electron chi connectivity index (χ1n) is 5.76. The van der Waals surface area contributed by atoms with Gasteiger partial charge in [0.25, 0.3) is 11.7 Å². The number of hydrogen-bond acceptors (Lipinski definition) is 3. The van der Waals surface area contributed by atoms with E-state index in [1.54, 1.807) is 30.3 Å². The van der Waals surface area contributed by atoms with Gasteiger partial charge in [0.15, 0.2) is 5.78 Å². The molecule has 1 aliphatic heterocycles. The van der Waals surface area contributed by atoms with Gasteiger partial charge >= 0.3 is 0 Å². The zero-order chi connectivity index (χ0) is 13.4. The quantitative estimate of drug-likeness (QED) is 0.656. The summed E-state index contributed by atoms with van der Waals surface area (Å²) in [6.07, 6.45) is 0. The van der Waals surface area contributed by atoms with Gasteiger partial charge in [-0.3, -0.25) is 14.4 Å². The molecule has 0 spiro atoms. The smallest absolute Gasteiger partial charge is 0.296 e. The van der Waals surface area contributed by atoms with E-state index in [0.29, 0.717) is 22.4 Å². The minimum absolute atomic E-state index is 0.142. The van der Waals surface area contributed by atoms with Crippen molar-refractivity contribution in [2.75, 3.05) is 5.32 Å². The average molecular weight is 251 g/mol. The van der Waals surface area contributed by atoms with Gasteiger partial charge < -0.3 is 5.32 Å². The van der Waals surface area contributed by atoms with Crippen molar-refractivity contribution in [1.82, 2.24) is 0 Å². The third kappa shape index (κ3) is 1.83. The number of nitrogens with one attached hydrogen (secondary N) is 1. The molecule has 1 amide bonds. The highest BCUT2D eigenvalue weighted by molar-refractivity contribution is 6.51. The predicted molar refractivity (Wildman–Crippen MR) is 69.3 cm³/mol. The number of benzene rings is 2. The van der Waals surface area contributed by atoms with E-state index >= 15 is 0 Å². The van der Waals surface area contributed by atoms with Crippen LogP contribution in [0.5, 0.6) is 0 Å². The molecule has 0 aliphatic carbocycles. The Balaban J connectivity index is 2.01. The van der Waals surface area contributed by atoms with Crippen molar-refractivity contribution in [2.24, 2.45) is 0 Å². The first kappa shape index (κ1) is 11.3. The van der Waals surface area contributed by atoms with Crippen molar-refractivity contribution < 1.29 is 14.4 Å². The van der Waals surface area contributed by atoms with Crippen LogP contribution >= 0.6 is 0 Å². The zero-order valence-electron chi connectivity index (χ0n) is 9.84. The average Bonchev–Trinajstić information content (AvgIpc) is 2.74. The summed E-state index contributed by atoms with van der Waals surface area (Å²) >= 11 is 0.